The second-order valence-electron chi connectivity index (χ2n) is 27.1. The Morgan fingerprint density at radius 3 is 0.756 bits per heavy atom. The third-order valence-corrected chi connectivity index (χ3v) is 18.3. The van der Waals surface area contributed by atoms with Crippen LogP contribution in [0.25, 0.3) is 0 Å². The number of carbonyl (C=O) groups is 4. The maximum absolute atomic E-state index is 13.0. The van der Waals surface area contributed by atoms with Gasteiger partial charge in [0.2, 0.25) is 0 Å². The summed E-state index contributed by atoms with van der Waals surface area (Å²) in [4.78, 5) is 72.6. The molecule has 0 amide bonds. The van der Waals surface area contributed by atoms with Crippen molar-refractivity contribution in [2.45, 2.75) is 375 Å². The van der Waals surface area contributed by atoms with Crippen molar-refractivity contribution in [3.63, 3.8) is 0 Å². The van der Waals surface area contributed by atoms with E-state index in [9.17, 15) is 43.2 Å². The van der Waals surface area contributed by atoms with Gasteiger partial charge in [0.1, 0.15) is 19.3 Å². The monoisotopic (exact) mass is 1320 g/mol. The Hall–Kier alpha value is -1.94. The largest absolute Gasteiger partial charge is 0.472 e. The molecule has 19 heteroatoms. The highest BCUT2D eigenvalue weighted by Crippen LogP contribution is 2.45. The van der Waals surface area contributed by atoms with Gasteiger partial charge in [-0.15, -0.1) is 0 Å². The lowest BCUT2D eigenvalue weighted by Gasteiger charge is -2.21. The molecule has 90 heavy (non-hydrogen) atoms. The molecule has 0 aromatic rings. The molecule has 0 aliphatic heterocycles. The normalized spacial score (nSPS) is 14.2. The highest BCUT2D eigenvalue weighted by atomic mass is 31.2. The van der Waals surface area contributed by atoms with E-state index in [1.807, 2.05) is 0 Å². The van der Waals surface area contributed by atoms with E-state index < -0.39 is 97.5 Å². The summed E-state index contributed by atoms with van der Waals surface area (Å²) in [6, 6.07) is 0. The van der Waals surface area contributed by atoms with Crippen LogP contribution in [0.3, 0.4) is 0 Å². The minimum atomic E-state index is -4.95. The van der Waals surface area contributed by atoms with Gasteiger partial charge in [0.25, 0.3) is 0 Å². The van der Waals surface area contributed by atoms with E-state index >= 15 is 0 Å². The number of carbonyl (C=O) groups excluding carboxylic acids is 4. The van der Waals surface area contributed by atoms with Crippen molar-refractivity contribution in [3.8, 4) is 0 Å². The molecule has 0 spiro atoms. The summed E-state index contributed by atoms with van der Waals surface area (Å²) in [6.45, 7) is 11.8. The van der Waals surface area contributed by atoms with E-state index in [2.05, 4.69) is 48.5 Å². The van der Waals surface area contributed by atoms with E-state index in [0.717, 1.165) is 108 Å². The molecule has 3 N–H and O–H groups in total. The molecule has 2 unspecified atom stereocenters. The lowest BCUT2D eigenvalue weighted by molar-refractivity contribution is -0.161. The summed E-state index contributed by atoms with van der Waals surface area (Å²) in [5, 5.41) is 10.6. The second-order valence-corrected chi connectivity index (χ2v) is 30.0. The molecule has 534 valence electrons. The molecule has 0 saturated heterocycles. The zero-order valence-electron chi connectivity index (χ0n) is 58.6. The zero-order chi connectivity index (χ0) is 66.6. The third-order valence-electron chi connectivity index (χ3n) is 16.4. The second kappa shape index (κ2) is 61.9. The summed E-state index contributed by atoms with van der Waals surface area (Å²) in [6.07, 6.45) is 45.8. The van der Waals surface area contributed by atoms with Crippen molar-refractivity contribution in [1.82, 2.24) is 0 Å². The molecule has 0 rings (SSSR count). The number of ether oxygens (including phenoxy) is 4. The highest BCUT2D eigenvalue weighted by molar-refractivity contribution is 7.47. The summed E-state index contributed by atoms with van der Waals surface area (Å²) < 4.78 is 68.3. The van der Waals surface area contributed by atoms with Gasteiger partial charge in [0.15, 0.2) is 12.2 Å². The first-order chi connectivity index (χ1) is 43.2. The standard InChI is InChI=1S/C71H138O17P2/c1-8-9-10-11-12-13-14-19-22-31-38-45-52-68(73)81-58-66(87-70(75)54-47-40-33-23-20-17-15-16-18-21-28-35-42-49-62(2)3)60-85-89(77,78)83-56-65(72)57-84-90(79,80)86-61-67(88-71(76)55-48-41-34-27-25-30-37-44-51-64(6)7)59-82-69(74)53-46-39-32-26-24-29-36-43-50-63(4)5/h62-67,72H,8-61H2,1-7H3,(H,77,78)(H,79,80)/t65-,66-,67-/m1/s1. The Morgan fingerprint density at radius 1 is 0.300 bits per heavy atom. The number of rotatable bonds is 69. The van der Waals surface area contributed by atoms with Crippen LogP contribution in [0.2, 0.25) is 0 Å². The van der Waals surface area contributed by atoms with Crippen LogP contribution in [-0.2, 0) is 65.4 Å². The minimum Gasteiger partial charge on any atom is -0.462 e. The van der Waals surface area contributed by atoms with E-state index in [0.29, 0.717) is 25.7 Å². The zero-order valence-corrected chi connectivity index (χ0v) is 60.4. The van der Waals surface area contributed by atoms with Gasteiger partial charge in [0, 0.05) is 25.7 Å². The molecular weight excluding hydrogens is 1190 g/mol. The molecule has 0 heterocycles. The number of hydrogen-bond donors (Lipinski definition) is 3. The van der Waals surface area contributed by atoms with Crippen LogP contribution in [0.15, 0.2) is 0 Å². The summed E-state index contributed by atoms with van der Waals surface area (Å²) in [5.74, 6) is 0.105. The maximum Gasteiger partial charge on any atom is 0.472 e. The predicted octanol–water partition coefficient (Wildman–Crippen LogP) is 20.2. The molecule has 0 fully saturated rings. The first-order valence-corrected chi connectivity index (χ1v) is 39.8. The van der Waals surface area contributed by atoms with Crippen molar-refractivity contribution < 1.29 is 80.2 Å². The van der Waals surface area contributed by atoms with Gasteiger partial charge in [-0.05, 0) is 43.4 Å². The molecule has 17 nitrogen and oxygen atoms in total. The highest BCUT2D eigenvalue weighted by Gasteiger charge is 2.30. The third kappa shape index (κ3) is 64.8. The fourth-order valence-electron chi connectivity index (χ4n) is 10.7. The van der Waals surface area contributed by atoms with E-state index in [1.165, 1.54) is 167 Å². The number of unbranched alkanes of at least 4 members (excludes halogenated alkanes) is 37. The Morgan fingerprint density at radius 2 is 0.511 bits per heavy atom. The van der Waals surface area contributed by atoms with Gasteiger partial charge >= 0.3 is 39.5 Å². The number of phosphoric ester groups is 2. The van der Waals surface area contributed by atoms with Crippen LogP contribution in [0.1, 0.15) is 357 Å². The van der Waals surface area contributed by atoms with E-state index in [-0.39, 0.29) is 25.7 Å². The quantitative estimate of drug-likeness (QED) is 0.0222. The molecular formula is C71H138O17P2. The Balaban J connectivity index is 5.25. The van der Waals surface area contributed by atoms with Gasteiger partial charge in [-0.1, -0.05) is 305 Å². The molecule has 0 saturated carbocycles. The summed E-state index contributed by atoms with van der Waals surface area (Å²) in [7, 11) is -9.90. The maximum atomic E-state index is 13.0. The topological polar surface area (TPSA) is 237 Å². The Kier molecular flexibility index (Phi) is 60.6. The smallest absolute Gasteiger partial charge is 0.462 e. The number of esters is 4. The van der Waals surface area contributed by atoms with Crippen LogP contribution < -0.4 is 0 Å². The minimum absolute atomic E-state index is 0.104. The SMILES string of the molecule is CCCCCCCCCCCCCCC(=O)OC[C@H](COP(=O)(O)OC[C@@H](O)COP(=O)(O)OC[C@@H](COC(=O)CCCCCCCCCCC(C)C)OC(=O)CCCCCCCCCCC(C)C)OC(=O)CCCCCCCCCCCCCCCC(C)C. The van der Waals surface area contributed by atoms with Crippen molar-refractivity contribution in [1.29, 1.82) is 0 Å². The van der Waals surface area contributed by atoms with Gasteiger partial charge in [-0.2, -0.15) is 0 Å². The van der Waals surface area contributed by atoms with Crippen LogP contribution in [0.4, 0.5) is 0 Å². The van der Waals surface area contributed by atoms with Gasteiger partial charge in [-0.25, -0.2) is 9.13 Å². The predicted molar refractivity (Wildman–Crippen MR) is 363 cm³/mol. The fraction of sp³-hybridized carbons (Fsp3) is 0.944. The Labute approximate surface area is 549 Å². The lowest BCUT2D eigenvalue weighted by atomic mass is 10.0. The van der Waals surface area contributed by atoms with Crippen LogP contribution in [0, 0.1) is 17.8 Å². The van der Waals surface area contributed by atoms with Gasteiger partial charge < -0.3 is 33.8 Å². The van der Waals surface area contributed by atoms with Crippen molar-refractivity contribution >= 4 is 39.5 Å². The fourth-order valence-corrected chi connectivity index (χ4v) is 12.3. The Bertz CT molecular complexity index is 1770. The first-order valence-electron chi connectivity index (χ1n) is 36.8. The van der Waals surface area contributed by atoms with Crippen LogP contribution in [-0.4, -0.2) is 96.7 Å². The van der Waals surface area contributed by atoms with Crippen molar-refractivity contribution in [3.05, 3.63) is 0 Å². The van der Waals surface area contributed by atoms with Gasteiger partial charge in [-0.3, -0.25) is 37.3 Å². The summed E-state index contributed by atoms with van der Waals surface area (Å²) in [5.41, 5.74) is 0. The van der Waals surface area contributed by atoms with Crippen LogP contribution in [0.5, 0.6) is 0 Å². The summed E-state index contributed by atoms with van der Waals surface area (Å²) >= 11 is 0. The molecule has 0 aromatic heterocycles. The van der Waals surface area contributed by atoms with Gasteiger partial charge in [0.05, 0.1) is 26.4 Å². The molecule has 0 aromatic carbocycles. The number of hydrogen-bond acceptors (Lipinski definition) is 15. The van der Waals surface area contributed by atoms with E-state index in [1.54, 1.807) is 0 Å². The molecule has 0 radical (unpaired) electrons. The molecule has 0 bridgehead atoms. The molecule has 0 aliphatic rings. The number of aliphatic hydroxyl groups excluding tert-OH is 1. The number of phosphoric acid groups is 2. The van der Waals surface area contributed by atoms with Crippen molar-refractivity contribution in [2.24, 2.45) is 17.8 Å². The number of aliphatic hydroxyl groups is 1. The van der Waals surface area contributed by atoms with Crippen molar-refractivity contribution in [2.75, 3.05) is 39.6 Å². The van der Waals surface area contributed by atoms with Crippen LogP contribution >= 0.6 is 15.6 Å². The molecule has 5 atom stereocenters. The lowest BCUT2D eigenvalue weighted by Crippen LogP contribution is -2.30. The molecule has 0 aliphatic carbocycles. The van der Waals surface area contributed by atoms with E-state index in [4.69, 9.17) is 37.0 Å². The average molecular weight is 1330 g/mol. The average Bonchev–Trinajstić information content (AvgIpc) is 3.06. The first kappa shape index (κ1) is 88.1.